The number of ketones is 2. The SMILES string of the molecule is CC(=O)N1CCC[C@H]1C(=O)N[C@@H](CC(C)C)C(=O)C[C@@H](Cc1cncn1Cc1ccccc1)C(=O)N[C@@H](CO)C(=O)C[C@H](C(N)=O)[C@@H](C)OP(=O)(O)OCCC(=O)O. The number of nitrogens with zero attached hydrogens (tertiary/aromatic N) is 3. The third-order valence-electron chi connectivity index (χ3n) is 9.75. The molecule has 7 N–H and O–H groups in total. The number of imidazole rings is 1. The Bertz CT molecular complexity index is 1800. The molecule has 1 fully saturated rings. The van der Waals surface area contributed by atoms with Crippen LogP contribution in [0.15, 0.2) is 42.9 Å². The molecule has 1 aliphatic rings. The quantitative estimate of drug-likeness (QED) is 0.0765. The second-order valence-electron chi connectivity index (χ2n) is 14.8. The number of primary amides is 1. The number of nitrogens with one attached hydrogen (secondary N) is 2. The predicted molar refractivity (Wildman–Crippen MR) is 206 cm³/mol. The minimum absolute atomic E-state index is 0.0533. The van der Waals surface area contributed by atoms with Crippen molar-refractivity contribution >= 4 is 49.0 Å². The number of benzene rings is 1. The first-order valence-corrected chi connectivity index (χ1v) is 20.5. The van der Waals surface area contributed by atoms with Crippen LogP contribution >= 0.6 is 7.82 Å². The van der Waals surface area contributed by atoms with Crippen LogP contribution in [-0.4, -0.2) is 115 Å². The highest BCUT2D eigenvalue weighted by Crippen LogP contribution is 2.46. The lowest BCUT2D eigenvalue weighted by atomic mass is 9.89. The van der Waals surface area contributed by atoms with Crippen molar-refractivity contribution in [3.05, 3.63) is 54.1 Å². The van der Waals surface area contributed by atoms with Gasteiger partial charge in [0.25, 0.3) is 0 Å². The number of amides is 4. The molecule has 0 aliphatic carbocycles. The number of hydrogen-bond donors (Lipinski definition) is 6. The molecule has 58 heavy (non-hydrogen) atoms. The van der Waals surface area contributed by atoms with Gasteiger partial charge in [0.1, 0.15) is 12.1 Å². The Labute approximate surface area is 336 Å². The Morgan fingerprint density at radius 3 is 2.29 bits per heavy atom. The van der Waals surface area contributed by atoms with Gasteiger partial charge < -0.3 is 40.9 Å². The first kappa shape index (κ1) is 47.6. The molecule has 1 saturated heterocycles. The number of carbonyl (C=O) groups is 7. The molecule has 1 aromatic heterocycles. The highest BCUT2D eigenvalue weighted by atomic mass is 31.2. The predicted octanol–water partition coefficient (Wildman–Crippen LogP) is 1.13. The number of carboxylic acid groups (broad SMARTS) is 1. The van der Waals surface area contributed by atoms with Crippen LogP contribution in [0, 0.1) is 17.8 Å². The zero-order valence-electron chi connectivity index (χ0n) is 33.2. The van der Waals surface area contributed by atoms with E-state index in [1.165, 1.54) is 18.0 Å². The van der Waals surface area contributed by atoms with Crippen LogP contribution in [0.5, 0.6) is 0 Å². The summed E-state index contributed by atoms with van der Waals surface area (Å²) in [5.74, 6) is -8.13. The Morgan fingerprint density at radius 1 is 1.02 bits per heavy atom. The van der Waals surface area contributed by atoms with Crippen LogP contribution in [0.1, 0.15) is 77.5 Å². The number of aromatic nitrogens is 2. The van der Waals surface area contributed by atoms with E-state index in [1.807, 2.05) is 44.2 Å². The van der Waals surface area contributed by atoms with Gasteiger partial charge in [-0.05, 0) is 37.7 Å². The Kier molecular flexibility index (Phi) is 18.3. The number of carbonyl (C=O) groups excluding carboxylic acids is 6. The van der Waals surface area contributed by atoms with E-state index in [-0.39, 0.29) is 24.7 Å². The molecule has 3 rings (SSSR count). The maximum atomic E-state index is 14.1. The molecule has 19 nitrogen and oxygen atoms in total. The fourth-order valence-corrected chi connectivity index (χ4v) is 7.65. The smallest absolute Gasteiger partial charge is 0.472 e. The van der Waals surface area contributed by atoms with Gasteiger partial charge in [0.15, 0.2) is 11.6 Å². The van der Waals surface area contributed by atoms with Gasteiger partial charge in [-0.2, -0.15) is 0 Å². The average molecular weight is 835 g/mol. The molecule has 1 unspecified atom stereocenters. The van der Waals surface area contributed by atoms with E-state index in [0.717, 1.165) is 12.5 Å². The van der Waals surface area contributed by atoms with Crippen molar-refractivity contribution < 1.29 is 62.3 Å². The standard InChI is InChI=1S/C38H55N6O13P/c1-23(2)15-30(41-38(53)32-11-8-13-44(32)25(4)46)33(47)17-27(16-28-19-40-22-43(28)20-26-9-6-5-7-10-26)37(52)42-31(21-45)34(48)18-29(36(39)51)24(3)57-58(54,55)56-14-12-35(49)50/h5-7,9-10,19,22-24,27,29-32,45H,8,11-18,20-21H2,1-4H3,(H2,39,51)(H,41,53)(H,42,52)(H,49,50)(H,54,55)/t24-,27-,29+,30+,31+,32+/m1/s1. The third kappa shape index (κ3) is 14.8. The monoisotopic (exact) mass is 834 g/mol. The lowest BCUT2D eigenvalue weighted by Crippen LogP contribution is -2.52. The summed E-state index contributed by atoms with van der Waals surface area (Å²) >= 11 is 0. The zero-order chi connectivity index (χ0) is 43.2. The minimum atomic E-state index is -4.90. The highest BCUT2D eigenvalue weighted by Gasteiger charge is 2.38. The molecule has 320 valence electrons. The fourth-order valence-electron chi connectivity index (χ4n) is 6.70. The van der Waals surface area contributed by atoms with Gasteiger partial charge in [-0.15, -0.1) is 0 Å². The molecular weight excluding hydrogens is 779 g/mol. The summed E-state index contributed by atoms with van der Waals surface area (Å²) in [6, 6.07) is 6.03. The van der Waals surface area contributed by atoms with Crippen LogP contribution in [0.25, 0.3) is 0 Å². The molecule has 0 bridgehead atoms. The van der Waals surface area contributed by atoms with E-state index in [4.69, 9.17) is 15.4 Å². The first-order chi connectivity index (χ1) is 27.3. The molecule has 0 radical (unpaired) electrons. The van der Waals surface area contributed by atoms with Crippen molar-refractivity contribution in [2.75, 3.05) is 19.8 Å². The maximum Gasteiger partial charge on any atom is 0.472 e. The van der Waals surface area contributed by atoms with Crippen molar-refractivity contribution in [3.63, 3.8) is 0 Å². The van der Waals surface area contributed by atoms with E-state index in [1.54, 1.807) is 10.9 Å². The molecule has 0 spiro atoms. The van der Waals surface area contributed by atoms with Crippen molar-refractivity contribution in [1.82, 2.24) is 25.1 Å². The van der Waals surface area contributed by atoms with Crippen molar-refractivity contribution in [2.24, 2.45) is 23.5 Å². The number of nitrogens with two attached hydrogens (primary N) is 1. The molecule has 2 aromatic rings. The summed E-state index contributed by atoms with van der Waals surface area (Å²) in [5, 5.41) is 24.3. The number of rotatable bonds is 25. The number of phosphoric ester groups is 1. The number of Topliss-reactive ketones (excluding diaryl/α,β-unsaturated/α-hetero) is 2. The number of aliphatic carboxylic acids is 1. The van der Waals surface area contributed by atoms with Gasteiger partial charge in [0.05, 0.1) is 49.9 Å². The summed E-state index contributed by atoms with van der Waals surface area (Å²) in [6.45, 7) is 5.44. The number of phosphoric acid groups is 1. The molecular formula is C38H55N6O13P. The van der Waals surface area contributed by atoms with Gasteiger partial charge >= 0.3 is 13.8 Å². The van der Waals surface area contributed by atoms with Crippen molar-refractivity contribution in [3.8, 4) is 0 Å². The van der Waals surface area contributed by atoms with E-state index in [0.29, 0.717) is 31.6 Å². The van der Waals surface area contributed by atoms with E-state index < -0.39 is 112 Å². The second kappa shape index (κ2) is 22.4. The molecule has 4 amide bonds. The molecule has 20 heteroatoms. The molecule has 1 aliphatic heterocycles. The fraction of sp³-hybridized carbons (Fsp3) is 0.579. The average Bonchev–Trinajstić information content (AvgIpc) is 3.82. The van der Waals surface area contributed by atoms with Crippen LogP contribution < -0.4 is 16.4 Å². The van der Waals surface area contributed by atoms with Gasteiger partial charge in [0.2, 0.25) is 23.6 Å². The Morgan fingerprint density at radius 2 is 1.69 bits per heavy atom. The van der Waals surface area contributed by atoms with Gasteiger partial charge in [-0.1, -0.05) is 44.2 Å². The number of hydrogen-bond acceptors (Lipinski definition) is 12. The van der Waals surface area contributed by atoms with Crippen LogP contribution in [0.3, 0.4) is 0 Å². The maximum absolute atomic E-state index is 14.1. The Balaban J connectivity index is 1.85. The number of aliphatic hydroxyl groups is 1. The van der Waals surface area contributed by atoms with Gasteiger partial charge in [0, 0.05) is 51.2 Å². The first-order valence-electron chi connectivity index (χ1n) is 19.1. The molecule has 1 aromatic carbocycles. The van der Waals surface area contributed by atoms with Crippen LogP contribution in [0.4, 0.5) is 0 Å². The Hall–Kier alpha value is -4.81. The summed E-state index contributed by atoms with van der Waals surface area (Å²) in [6.07, 6.45) is 1.05. The summed E-state index contributed by atoms with van der Waals surface area (Å²) in [4.78, 5) is 106. The topological polar surface area (TPSA) is 287 Å². The summed E-state index contributed by atoms with van der Waals surface area (Å²) < 4.78 is 23.7. The number of carboxylic acids is 1. The molecule has 2 heterocycles. The van der Waals surface area contributed by atoms with Crippen molar-refractivity contribution in [2.45, 2.75) is 103 Å². The van der Waals surface area contributed by atoms with E-state index in [9.17, 15) is 48.1 Å². The summed E-state index contributed by atoms with van der Waals surface area (Å²) in [7, 11) is -4.90. The normalized spacial score (nSPS) is 17.7. The largest absolute Gasteiger partial charge is 0.481 e. The lowest BCUT2D eigenvalue weighted by molar-refractivity contribution is -0.138. The molecule has 0 saturated carbocycles. The molecule has 7 atom stereocenters. The third-order valence-corrected chi connectivity index (χ3v) is 10.9. The minimum Gasteiger partial charge on any atom is -0.481 e. The highest BCUT2D eigenvalue weighted by molar-refractivity contribution is 7.47. The zero-order valence-corrected chi connectivity index (χ0v) is 34.0. The van der Waals surface area contributed by atoms with E-state index in [2.05, 4.69) is 20.1 Å². The van der Waals surface area contributed by atoms with Gasteiger partial charge in [-0.25, -0.2) is 9.55 Å². The van der Waals surface area contributed by atoms with Crippen molar-refractivity contribution in [1.29, 1.82) is 0 Å². The second-order valence-corrected chi connectivity index (χ2v) is 16.2. The van der Waals surface area contributed by atoms with Crippen LogP contribution in [-0.2, 0) is 60.1 Å². The van der Waals surface area contributed by atoms with Crippen LogP contribution in [0.2, 0.25) is 0 Å². The number of aliphatic hydroxyl groups excluding tert-OH is 1. The van der Waals surface area contributed by atoms with Gasteiger partial charge in [-0.3, -0.25) is 42.6 Å². The lowest BCUT2D eigenvalue weighted by Gasteiger charge is -2.27. The van der Waals surface area contributed by atoms with E-state index >= 15 is 0 Å². The summed E-state index contributed by atoms with van der Waals surface area (Å²) in [5.41, 5.74) is 6.99. The number of likely N-dealkylation sites (tertiary alicyclic amines) is 1.